The first-order valence-electron chi connectivity index (χ1n) is 8.90. The van der Waals surface area contributed by atoms with Gasteiger partial charge in [0.25, 0.3) is 5.91 Å². The van der Waals surface area contributed by atoms with Crippen molar-refractivity contribution in [2.45, 2.75) is 25.3 Å². The van der Waals surface area contributed by atoms with Crippen LogP contribution >= 0.6 is 0 Å². The standard InChI is InChI=1S/C21H23NO4/c1-2-26-14-8-13-22-19(15-9-4-3-5-10-15)18(21(24)25)16-11-6-7-12-17(16)20(22)23/h3-7,9-12,18-19H,2,8,13-14H2,1H3,(H,24,25)/t18-,19-/m0/s1. The van der Waals surface area contributed by atoms with Crippen LogP contribution in [0.25, 0.3) is 0 Å². The van der Waals surface area contributed by atoms with Crippen LogP contribution in [0.4, 0.5) is 0 Å². The Morgan fingerprint density at radius 1 is 1.12 bits per heavy atom. The molecule has 2 aromatic carbocycles. The quantitative estimate of drug-likeness (QED) is 0.774. The summed E-state index contributed by atoms with van der Waals surface area (Å²) in [6, 6.07) is 15.9. The average Bonchev–Trinajstić information content (AvgIpc) is 2.66. The zero-order valence-electron chi connectivity index (χ0n) is 14.8. The Hall–Kier alpha value is -2.66. The highest BCUT2D eigenvalue weighted by molar-refractivity contribution is 6.00. The van der Waals surface area contributed by atoms with Crippen molar-refractivity contribution in [1.29, 1.82) is 0 Å². The number of hydrogen-bond donors (Lipinski definition) is 1. The van der Waals surface area contributed by atoms with Gasteiger partial charge in [-0.05, 0) is 30.5 Å². The molecular formula is C21H23NO4. The molecule has 0 saturated heterocycles. The van der Waals surface area contributed by atoms with E-state index in [1.165, 1.54) is 0 Å². The van der Waals surface area contributed by atoms with E-state index >= 15 is 0 Å². The Morgan fingerprint density at radius 2 is 1.81 bits per heavy atom. The van der Waals surface area contributed by atoms with Crippen molar-refractivity contribution in [2.75, 3.05) is 19.8 Å². The predicted octanol–water partition coefficient (Wildman–Crippen LogP) is 3.48. The monoisotopic (exact) mass is 353 g/mol. The molecule has 26 heavy (non-hydrogen) atoms. The number of fused-ring (bicyclic) bond motifs is 1. The van der Waals surface area contributed by atoms with Crippen molar-refractivity contribution in [3.8, 4) is 0 Å². The lowest BCUT2D eigenvalue weighted by atomic mass is 9.79. The summed E-state index contributed by atoms with van der Waals surface area (Å²) in [5.74, 6) is -1.84. The third kappa shape index (κ3) is 3.48. The third-order valence-corrected chi connectivity index (χ3v) is 4.74. The van der Waals surface area contributed by atoms with Gasteiger partial charge in [0.15, 0.2) is 0 Å². The Labute approximate surface area is 153 Å². The molecule has 0 radical (unpaired) electrons. The zero-order valence-corrected chi connectivity index (χ0v) is 14.8. The van der Waals surface area contributed by atoms with Crippen LogP contribution in [0, 0.1) is 0 Å². The van der Waals surface area contributed by atoms with Crippen molar-refractivity contribution in [2.24, 2.45) is 0 Å². The van der Waals surface area contributed by atoms with Crippen LogP contribution in [0.3, 0.4) is 0 Å². The van der Waals surface area contributed by atoms with Gasteiger partial charge in [-0.2, -0.15) is 0 Å². The van der Waals surface area contributed by atoms with Gasteiger partial charge in [-0.1, -0.05) is 48.5 Å². The van der Waals surface area contributed by atoms with Gasteiger partial charge in [-0.25, -0.2) is 0 Å². The van der Waals surface area contributed by atoms with Crippen LogP contribution in [0.15, 0.2) is 54.6 Å². The normalized spacial score (nSPS) is 19.3. The highest BCUT2D eigenvalue weighted by Gasteiger charge is 2.43. The number of benzene rings is 2. The molecule has 1 N–H and O–H groups in total. The van der Waals surface area contributed by atoms with E-state index in [1.807, 2.05) is 37.3 Å². The van der Waals surface area contributed by atoms with Crippen LogP contribution in [0.5, 0.6) is 0 Å². The highest BCUT2D eigenvalue weighted by Crippen LogP contribution is 2.42. The fraction of sp³-hybridized carbons (Fsp3) is 0.333. The van der Waals surface area contributed by atoms with Crippen LogP contribution in [0.2, 0.25) is 0 Å². The van der Waals surface area contributed by atoms with E-state index in [0.29, 0.717) is 37.3 Å². The van der Waals surface area contributed by atoms with E-state index in [1.54, 1.807) is 29.2 Å². The van der Waals surface area contributed by atoms with E-state index in [-0.39, 0.29) is 5.91 Å². The van der Waals surface area contributed by atoms with Crippen molar-refractivity contribution in [3.63, 3.8) is 0 Å². The lowest BCUT2D eigenvalue weighted by Gasteiger charge is -2.41. The minimum Gasteiger partial charge on any atom is -0.481 e. The summed E-state index contributed by atoms with van der Waals surface area (Å²) in [6.45, 7) is 3.55. The Kier molecular flexibility index (Phi) is 5.68. The second kappa shape index (κ2) is 8.15. The lowest BCUT2D eigenvalue weighted by Crippen LogP contribution is -2.45. The van der Waals surface area contributed by atoms with Gasteiger partial charge in [0.2, 0.25) is 0 Å². The van der Waals surface area contributed by atoms with E-state index in [2.05, 4.69) is 0 Å². The summed E-state index contributed by atoms with van der Waals surface area (Å²) in [5, 5.41) is 9.97. The molecule has 0 aromatic heterocycles. The molecule has 1 aliphatic heterocycles. The number of carbonyl (C=O) groups is 2. The summed E-state index contributed by atoms with van der Waals surface area (Å²) >= 11 is 0. The predicted molar refractivity (Wildman–Crippen MR) is 98.1 cm³/mol. The number of aliphatic carboxylic acids is 1. The number of carboxylic acid groups (broad SMARTS) is 1. The average molecular weight is 353 g/mol. The molecule has 0 aliphatic carbocycles. The number of hydrogen-bond acceptors (Lipinski definition) is 3. The topological polar surface area (TPSA) is 66.8 Å². The Morgan fingerprint density at radius 3 is 2.50 bits per heavy atom. The molecule has 0 bridgehead atoms. The summed E-state index contributed by atoms with van der Waals surface area (Å²) in [4.78, 5) is 27.0. The van der Waals surface area contributed by atoms with Gasteiger partial charge in [0, 0.05) is 25.3 Å². The smallest absolute Gasteiger partial charge is 0.313 e. The molecule has 136 valence electrons. The minimum absolute atomic E-state index is 0.122. The summed E-state index contributed by atoms with van der Waals surface area (Å²) in [6.07, 6.45) is 0.664. The van der Waals surface area contributed by atoms with Crippen molar-refractivity contribution in [1.82, 2.24) is 4.90 Å². The van der Waals surface area contributed by atoms with Crippen molar-refractivity contribution < 1.29 is 19.4 Å². The number of rotatable bonds is 7. The van der Waals surface area contributed by atoms with Gasteiger partial charge in [-0.15, -0.1) is 0 Å². The molecule has 3 rings (SSSR count). The second-order valence-corrected chi connectivity index (χ2v) is 6.31. The van der Waals surface area contributed by atoms with Gasteiger partial charge < -0.3 is 14.7 Å². The molecule has 2 atom stereocenters. The first-order valence-corrected chi connectivity index (χ1v) is 8.90. The SMILES string of the molecule is CCOCCCN1C(=O)c2ccccc2[C@H](C(=O)O)[C@@H]1c1ccccc1. The van der Waals surface area contributed by atoms with E-state index in [9.17, 15) is 14.7 Å². The number of amides is 1. The molecule has 0 unspecified atom stereocenters. The Bertz CT molecular complexity index is 775. The summed E-state index contributed by atoms with van der Waals surface area (Å²) in [7, 11) is 0. The maximum atomic E-state index is 13.1. The maximum Gasteiger partial charge on any atom is 0.313 e. The van der Waals surface area contributed by atoms with Crippen LogP contribution in [0.1, 0.15) is 46.8 Å². The molecule has 0 spiro atoms. The second-order valence-electron chi connectivity index (χ2n) is 6.31. The molecule has 1 aliphatic rings. The first kappa shape index (κ1) is 18.1. The number of carbonyl (C=O) groups excluding carboxylic acids is 1. The van der Waals surface area contributed by atoms with Crippen LogP contribution < -0.4 is 0 Å². The van der Waals surface area contributed by atoms with Crippen molar-refractivity contribution in [3.05, 3.63) is 71.3 Å². The third-order valence-electron chi connectivity index (χ3n) is 4.74. The van der Waals surface area contributed by atoms with Gasteiger partial charge in [-0.3, -0.25) is 9.59 Å². The van der Waals surface area contributed by atoms with E-state index in [0.717, 1.165) is 5.56 Å². The van der Waals surface area contributed by atoms with E-state index < -0.39 is 17.9 Å². The largest absolute Gasteiger partial charge is 0.481 e. The van der Waals surface area contributed by atoms with E-state index in [4.69, 9.17) is 4.74 Å². The highest BCUT2D eigenvalue weighted by atomic mass is 16.5. The Balaban J connectivity index is 2.04. The van der Waals surface area contributed by atoms with Crippen molar-refractivity contribution >= 4 is 11.9 Å². The zero-order chi connectivity index (χ0) is 18.5. The first-order chi connectivity index (χ1) is 12.6. The molecule has 0 fully saturated rings. The minimum atomic E-state index is -0.923. The molecule has 5 heteroatoms. The molecular weight excluding hydrogens is 330 g/mol. The molecule has 1 amide bonds. The molecule has 2 aromatic rings. The maximum absolute atomic E-state index is 13.1. The number of ether oxygens (including phenoxy) is 1. The number of nitrogens with zero attached hydrogens (tertiary/aromatic N) is 1. The molecule has 1 heterocycles. The van der Waals surface area contributed by atoms with Gasteiger partial charge >= 0.3 is 5.97 Å². The fourth-order valence-electron chi connectivity index (χ4n) is 3.61. The van der Waals surface area contributed by atoms with Gasteiger partial charge in [0.1, 0.15) is 5.92 Å². The lowest BCUT2D eigenvalue weighted by molar-refractivity contribution is -0.140. The van der Waals surface area contributed by atoms with Gasteiger partial charge in [0.05, 0.1) is 6.04 Å². The summed E-state index contributed by atoms with van der Waals surface area (Å²) < 4.78 is 5.39. The van der Waals surface area contributed by atoms with Crippen LogP contribution in [-0.2, 0) is 9.53 Å². The summed E-state index contributed by atoms with van der Waals surface area (Å²) in [5.41, 5.74) is 1.89. The number of carboxylic acids is 1. The molecule has 5 nitrogen and oxygen atoms in total. The van der Waals surface area contributed by atoms with Crippen LogP contribution in [-0.4, -0.2) is 41.6 Å². The molecule has 0 saturated carbocycles. The fourth-order valence-corrected chi connectivity index (χ4v) is 3.61.